The molecule has 20 heavy (non-hydrogen) atoms. The summed E-state index contributed by atoms with van der Waals surface area (Å²) in [6, 6.07) is 7.55. The Morgan fingerprint density at radius 1 is 1.25 bits per heavy atom. The Morgan fingerprint density at radius 3 is 2.85 bits per heavy atom. The summed E-state index contributed by atoms with van der Waals surface area (Å²) in [6.45, 7) is 0. The summed E-state index contributed by atoms with van der Waals surface area (Å²) in [5, 5.41) is 1.09. The van der Waals surface area contributed by atoms with Crippen molar-refractivity contribution in [3.05, 3.63) is 51.6 Å². The van der Waals surface area contributed by atoms with E-state index >= 15 is 0 Å². The molecule has 0 aliphatic carbocycles. The first-order valence-electron chi connectivity index (χ1n) is 6.32. The minimum absolute atomic E-state index is 0.0434. The van der Waals surface area contributed by atoms with Crippen LogP contribution in [0.15, 0.2) is 30.5 Å². The lowest BCUT2D eigenvalue weighted by molar-refractivity contribution is 0.167. The van der Waals surface area contributed by atoms with Crippen molar-refractivity contribution in [1.29, 1.82) is 0 Å². The van der Waals surface area contributed by atoms with Crippen LogP contribution in [0.3, 0.4) is 0 Å². The second-order valence-corrected chi connectivity index (χ2v) is 5.47. The van der Waals surface area contributed by atoms with Crippen LogP contribution in [0, 0.1) is 0 Å². The molecular weight excluding hydrogens is 297 g/mol. The third kappa shape index (κ3) is 2.56. The van der Waals surface area contributed by atoms with Gasteiger partial charge in [0.15, 0.2) is 0 Å². The van der Waals surface area contributed by atoms with Gasteiger partial charge in [-0.15, -0.1) is 0 Å². The van der Waals surface area contributed by atoms with Crippen LogP contribution in [0.1, 0.15) is 23.7 Å². The lowest BCUT2D eigenvalue weighted by Crippen LogP contribution is -2.16. The molecule has 1 atom stereocenters. The van der Waals surface area contributed by atoms with Gasteiger partial charge < -0.3 is 9.47 Å². The summed E-state index contributed by atoms with van der Waals surface area (Å²) in [4.78, 5) is 4.30. The molecule has 0 fully saturated rings. The maximum absolute atomic E-state index is 6.05. The molecule has 2 aromatic rings. The van der Waals surface area contributed by atoms with E-state index in [1.165, 1.54) is 0 Å². The number of halogens is 2. The Labute approximate surface area is 127 Å². The van der Waals surface area contributed by atoms with Gasteiger partial charge in [0, 0.05) is 5.56 Å². The molecule has 1 aromatic carbocycles. The number of rotatable bonds is 2. The topological polar surface area (TPSA) is 31.4 Å². The molecular formula is C15H13Cl2NO2. The molecule has 1 aliphatic rings. The minimum atomic E-state index is -0.0434. The maximum Gasteiger partial charge on any atom is 0.217 e. The van der Waals surface area contributed by atoms with Crippen LogP contribution in [-0.4, -0.2) is 12.1 Å². The molecule has 0 amide bonds. The number of aromatic nitrogens is 1. The summed E-state index contributed by atoms with van der Waals surface area (Å²) in [5.74, 6) is 1.41. The van der Waals surface area contributed by atoms with Crippen molar-refractivity contribution in [3.8, 4) is 11.6 Å². The third-order valence-electron chi connectivity index (χ3n) is 3.38. The Morgan fingerprint density at radius 2 is 2.10 bits per heavy atom. The van der Waals surface area contributed by atoms with E-state index in [1.807, 2.05) is 18.2 Å². The van der Waals surface area contributed by atoms with Gasteiger partial charge in [-0.1, -0.05) is 29.3 Å². The third-order valence-corrected chi connectivity index (χ3v) is 4.12. The highest BCUT2D eigenvalue weighted by molar-refractivity contribution is 6.42. The van der Waals surface area contributed by atoms with Crippen LogP contribution in [0.2, 0.25) is 10.0 Å². The number of hydrogen-bond donors (Lipinski definition) is 0. The zero-order chi connectivity index (χ0) is 14.1. The van der Waals surface area contributed by atoms with Crippen LogP contribution >= 0.6 is 23.2 Å². The first-order chi connectivity index (χ1) is 9.67. The molecule has 2 heterocycles. The zero-order valence-electron chi connectivity index (χ0n) is 10.9. The van der Waals surface area contributed by atoms with E-state index in [0.717, 1.165) is 29.7 Å². The van der Waals surface area contributed by atoms with Crippen LogP contribution < -0.4 is 9.47 Å². The monoisotopic (exact) mass is 309 g/mol. The van der Waals surface area contributed by atoms with Gasteiger partial charge in [0.2, 0.25) is 5.88 Å². The molecule has 0 radical (unpaired) electrons. The largest absolute Gasteiger partial charge is 0.495 e. The Bertz CT molecular complexity index is 646. The predicted octanol–water partition coefficient (Wildman–Crippen LogP) is 4.46. The molecule has 0 N–H and O–H groups in total. The summed E-state index contributed by atoms with van der Waals surface area (Å²) >= 11 is 12.0. The number of fused-ring (bicyclic) bond motifs is 1. The second-order valence-electron chi connectivity index (χ2n) is 4.66. The standard InChI is InChI=1S/C15H13Cl2NO2/c1-19-11-6-10-3-5-14(20-15(10)18-8-11)9-2-4-12(16)13(17)7-9/h2,4,6-8,14H,3,5H2,1H3. The Hall–Kier alpha value is -1.45. The van der Waals surface area contributed by atoms with Crippen LogP contribution in [-0.2, 0) is 6.42 Å². The smallest absolute Gasteiger partial charge is 0.217 e. The second kappa shape index (κ2) is 5.51. The molecule has 104 valence electrons. The molecule has 0 bridgehead atoms. The average molecular weight is 310 g/mol. The van der Waals surface area contributed by atoms with E-state index in [1.54, 1.807) is 19.4 Å². The number of benzene rings is 1. The zero-order valence-corrected chi connectivity index (χ0v) is 12.4. The molecule has 3 rings (SSSR count). The van der Waals surface area contributed by atoms with Crippen molar-refractivity contribution < 1.29 is 9.47 Å². The highest BCUT2D eigenvalue weighted by atomic mass is 35.5. The summed E-state index contributed by atoms with van der Waals surface area (Å²) in [5.41, 5.74) is 2.09. The van der Waals surface area contributed by atoms with E-state index in [-0.39, 0.29) is 6.10 Å². The SMILES string of the molecule is COc1cnc2c(c1)CCC(c1ccc(Cl)c(Cl)c1)O2. The van der Waals surface area contributed by atoms with E-state index in [0.29, 0.717) is 15.9 Å². The molecule has 3 nitrogen and oxygen atoms in total. The van der Waals surface area contributed by atoms with E-state index in [9.17, 15) is 0 Å². The van der Waals surface area contributed by atoms with E-state index in [2.05, 4.69) is 4.98 Å². The van der Waals surface area contributed by atoms with Crippen molar-refractivity contribution in [2.75, 3.05) is 7.11 Å². The summed E-state index contributed by atoms with van der Waals surface area (Å²) < 4.78 is 11.1. The fourth-order valence-electron chi connectivity index (χ4n) is 2.30. The minimum Gasteiger partial charge on any atom is -0.495 e. The van der Waals surface area contributed by atoms with Crippen molar-refractivity contribution in [3.63, 3.8) is 0 Å². The lowest BCUT2D eigenvalue weighted by Gasteiger charge is -2.25. The number of nitrogens with zero attached hydrogens (tertiary/aromatic N) is 1. The molecule has 1 unspecified atom stereocenters. The number of ether oxygens (including phenoxy) is 2. The van der Waals surface area contributed by atoms with Crippen molar-refractivity contribution in [2.45, 2.75) is 18.9 Å². The maximum atomic E-state index is 6.05. The Kier molecular flexibility index (Phi) is 3.72. The van der Waals surface area contributed by atoms with Gasteiger partial charge in [-0.2, -0.15) is 0 Å². The van der Waals surface area contributed by atoms with Gasteiger partial charge >= 0.3 is 0 Å². The first kappa shape index (κ1) is 13.5. The quantitative estimate of drug-likeness (QED) is 0.820. The van der Waals surface area contributed by atoms with Gasteiger partial charge in [-0.3, -0.25) is 0 Å². The van der Waals surface area contributed by atoms with E-state index < -0.39 is 0 Å². The number of hydrogen-bond acceptors (Lipinski definition) is 3. The number of pyridine rings is 1. The van der Waals surface area contributed by atoms with Gasteiger partial charge in [0.1, 0.15) is 11.9 Å². The first-order valence-corrected chi connectivity index (χ1v) is 7.07. The lowest BCUT2D eigenvalue weighted by atomic mass is 9.99. The fraction of sp³-hybridized carbons (Fsp3) is 0.267. The van der Waals surface area contributed by atoms with Crippen LogP contribution in [0.4, 0.5) is 0 Å². The highest BCUT2D eigenvalue weighted by Crippen LogP contribution is 2.36. The van der Waals surface area contributed by atoms with E-state index in [4.69, 9.17) is 32.7 Å². The van der Waals surface area contributed by atoms with Gasteiger partial charge in [0.25, 0.3) is 0 Å². The van der Waals surface area contributed by atoms with Gasteiger partial charge in [-0.05, 0) is 36.6 Å². The molecule has 0 spiro atoms. The normalized spacial score (nSPS) is 17.2. The molecule has 0 saturated carbocycles. The molecule has 1 aliphatic heterocycles. The molecule has 1 aromatic heterocycles. The Balaban J connectivity index is 1.86. The highest BCUT2D eigenvalue weighted by Gasteiger charge is 2.23. The summed E-state index contributed by atoms with van der Waals surface area (Å²) in [6.07, 6.45) is 3.39. The van der Waals surface area contributed by atoms with Gasteiger partial charge in [-0.25, -0.2) is 4.98 Å². The van der Waals surface area contributed by atoms with Crippen LogP contribution in [0.25, 0.3) is 0 Å². The molecule has 0 saturated heterocycles. The summed E-state index contributed by atoms with van der Waals surface area (Å²) in [7, 11) is 1.63. The van der Waals surface area contributed by atoms with Crippen molar-refractivity contribution in [2.24, 2.45) is 0 Å². The van der Waals surface area contributed by atoms with Gasteiger partial charge in [0.05, 0.1) is 23.4 Å². The predicted molar refractivity (Wildman–Crippen MR) is 78.9 cm³/mol. The van der Waals surface area contributed by atoms with Crippen LogP contribution in [0.5, 0.6) is 11.6 Å². The average Bonchev–Trinajstić information content (AvgIpc) is 2.49. The number of aryl methyl sites for hydroxylation is 1. The fourth-order valence-corrected chi connectivity index (χ4v) is 2.61. The molecule has 5 heteroatoms. The van der Waals surface area contributed by atoms with Crippen molar-refractivity contribution >= 4 is 23.2 Å². The van der Waals surface area contributed by atoms with Crippen molar-refractivity contribution in [1.82, 2.24) is 4.98 Å². The number of methoxy groups -OCH3 is 1.